The Hall–Kier alpha value is -1.59. The zero-order chi connectivity index (χ0) is 46.5. The Morgan fingerprint density at radius 3 is 0.625 bits per heavy atom. The lowest BCUT2D eigenvalue weighted by atomic mass is 10.0. The van der Waals surface area contributed by atoms with Gasteiger partial charge >= 0.3 is 17.9 Å². The molecule has 0 aliphatic rings. The third-order valence-electron chi connectivity index (χ3n) is 13.4. The minimum absolute atomic E-state index is 0.0619. The number of carbonyl (C=O) groups is 3. The molecule has 0 radical (unpaired) electrons. The molecule has 0 fully saturated rings. The summed E-state index contributed by atoms with van der Waals surface area (Å²) in [6.07, 6.45) is 59.8. The third-order valence-corrected chi connectivity index (χ3v) is 13.4. The summed E-state index contributed by atoms with van der Waals surface area (Å²) in [4.78, 5) is 37.9. The molecule has 0 bridgehead atoms. The van der Waals surface area contributed by atoms with Crippen LogP contribution in [0.4, 0.5) is 0 Å². The summed E-state index contributed by atoms with van der Waals surface area (Å²) in [5.74, 6) is -0.843. The van der Waals surface area contributed by atoms with Gasteiger partial charge in [0.1, 0.15) is 13.2 Å². The third kappa shape index (κ3) is 51.4. The summed E-state index contributed by atoms with van der Waals surface area (Å²) in [6, 6.07) is 0. The molecule has 0 aromatic carbocycles. The summed E-state index contributed by atoms with van der Waals surface area (Å²) in [5.41, 5.74) is 0. The number of hydrogen-bond donors (Lipinski definition) is 0. The van der Waals surface area contributed by atoms with Crippen molar-refractivity contribution in [2.75, 3.05) is 13.2 Å². The Bertz CT molecular complexity index is 951. The van der Waals surface area contributed by atoms with Gasteiger partial charge in [-0.3, -0.25) is 14.4 Å². The van der Waals surface area contributed by atoms with E-state index in [-0.39, 0.29) is 31.1 Å². The number of unbranched alkanes of at least 4 members (excludes halogenated alkanes) is 43. The second-order valence-electron chi connectivity index (χ2n) is 19.9. The molecule has 0 heterocycles. The predicted octanol–water partition coefficient (Wildman–Crippen LogP) is 19.2. The first-order valence-corrected chi connectivity index (χ1v) is 29.0. The van der Waals surface area contributed by atoms with Crippen molar-refractivity contribution < 1.29 is 28.6 Å². The smallest absolute Gasteiger partial charge is 0.306 e. The molecular formula is C58H112O6. The van der Waals surface area contributed by atoms with Crippen molar-refractivity contribution in [2.45, 2.75) is 341 Å². The molecule has 1 atom stereocenters. The van der Waals surface area contributed by atoms with E-state index in [1.54, 1.807) is 0 Å². The van der Waals surface area contributed by atoms with Crippen LogP contribution in [0.5, 0.6) is 0 Å². The molecule has 0 amide bonds. The minimum Gasteiger partial charge on any atom is -0.462 e. The molecule has 380 valence electrons. The van der Waals surface area contributed by atoms with Crippen molar-refractivity contribution in [3.63, 3.8) is 0 Å². The molecule has 0 saturated carbocycles. The summed E-state index contributed by atoms with van der Waals surface area (Å²) in [6.45, 7) is 6.66. The fourth-order valence-corrected chi connectivity index (χ4v) is 8.98. The average molecular weight is 906 g/mol. The van der Waals surface area contributed by atoms with Gasteiger partial charge in [0, 0.05) is 19.3 Å². The number of esters is 3. The predicted molar refractivity (Wildman–Crippen MR) is 275 cm³/mol. The van der Waals surface area contributed by atoms with Gasteiger partial charge in [-0.2, -0.15) is 0 Å². The SMILES string of the molecule is CCCCCCCCCCCCCCCCCCCCCCCCCC(=O)OCC(COC(=O)CCCCCCCCC)OC(=O)CCCCCCCCCCCCCCCCCC. The summed E-state index contributed by atoms with van der Waals surface area (Å²) in [7, 11) is 0. The largest absolute Gasteiger partial charge is 0.462 e. The highest BCUT2D eigenvalue weighted by atomic mass is 16.6. The van der Waals surface area contributed by atoms with Gasteiger partial charge in [-0.1, -0.05) is 297 Å². The minimum atomic E-state index is -0.759. The highest BCUT2D eigenvalue weighted by molar-refractivity contribution is 5.71. The Balaban J connectivity index is 4.08. The topological polar surface area (TPSA) is 78.9 Å². The Labute approximate surface area is 399 Å². The molecule has 0 aliphatic carbocycles. The van der Waals surface area contributed by atoms with Crippen molar-refractivity contribution >= 4 is 17.9 Å². The normalized spacial score (nSPS) is 11.9. The second-order valence-corrected chi connectivity index (χ2v) is 19.9. The van der Waals surface area contributed by atoms with Crippen molar-refractivity contribution in [2.24, 2.45) is 0 Å². The van der Waals surface area contributed by atoms with Gasteiger partial charge in [-0.25, -0.2) is 0 Å². The van der Waals surface area contributed by atoms with Crippen LogP contribution in [0, 0.1) is 0 Å². The molecule has 0 aromatic rings. The van der Waals surface area contributed by atoms with E-state index < -0.39 is 6.10 Å². The Kier molecular flexibility index (Phi) is 52.7. The van der Waals surface area contributed by atoms with Crippen LogP contribution in [0.3, 0.4) is 0 Å². The lowest BCUT2D eigenvalue weighted by Crippen LogP contribution is -2.30. The molecular weight excluding hydrogens is 793 g/mol. The van der Waals surface area contributed by atoms with E-state index in [1.807, 2.05) is 0 Å². The number of rotatable bonds is 54. The van der Waals surface area contributed by atoms with E-state index in [9.17, 15) is 14.4 Å². The zero-order valence-electron chi connectivity index (χ0n) is 43.6. The van der Waals surface area contributed by atoms with Gasteiger partial charge in [0.2, 0.25) is 0 Å². The molecule has 0 N–H and O–H groups in total. The molecule has 6 heteroatoms. The number of carbonyl (C=O) groups excluding carboxylic acids is 3. The van der Waals surface area contributed by atoms with Gasteiger partial charge in [-0.15, -0.1) is 0 Å². The fourth-order valence-electron chi connectivity index (χ4n) is 8.98. The summed E-state index contributed by atoms with van der Waals surface area (Å²) in [5, 5.41) is 0. The lowest BCUT2D eigenvalue weighted by molar-refractivity contribution is -0.167. The first kappa shape index (κ1) is 62.4. The summed E-state index contributed by atoms with van der Waals surface area (Å²) >= 11 is 0. The van der Waals surface area contributed by atoms with Crippen molar-refractivity contribution in [3.05, 3.63) is 0 Å². The van der Waals surface area contributed by atoms with Crippen LogP contribution < -0.4 is 0 Å². The van der Waals surface area contributed by atoms with Crippen LogP contribution in [0.1, 0.15) is 335 Å². The molecule has 0 rings (SSSR count). The number of ether oxygens (including phenoxy) is 3. The van der Waals surface area contributed by atoms with Crippen LogP contribution in [-0.4, -0.2) is 37.2 Å². The van der Waals surface area contributed by atoms with E-state index in [0.717, 1.165) is 57.8 Å². The van der Waals surface area contributed by atoms with Crippen molar-refractivity contribution in [1.29, 1.82) is 0 Å². The monoisotopic (exact) mass is 905 g/mol. The van der Waals surface area contributed by atoms with Crippen molar-refractivity contribution in [1.82, 2.24) is 0 Å². The van der Waals surface area contributed by atoms with Crippen LogP contribution in [0.25, 0.3) is 0 Å². The van der Waals surface area contributed by atoms with E-state index >= 15 is 0 Å². The van der Waals surface area contributed by atoms with Crippen LogP contribution >= 0.6 is 0 Å². The van der Waals surface area contributed by atoms with E-state index in [2.05, 4.69) is 20.8 Å². The fraction of sp³-hybridized carbons (Fsp3) is 0.948. The second kappa shape index (κ2) is 54.0. The molecule has 0 spiro atoms. The van der Waals surface area contributed by atoms with Gasteiger partial charge < -0.3 is 14.2 Å². The maximum absolute atomic E-state index is 12.8. The Morgan fingerprint density at radius 2 is 0.422 bits per heavy atom. The Morgan fingerprint density at radius 1 is 0.250 bits per heavy atom. The van der Waals surface area contributed by atoms with Crippen molar-refractivity contribution in [3.8, 4) is 0 Å². The van der Waals surface area contributed by atoms with Gasteiger partial charge in [-0.05, 0) is 19.3 Å². The highest BCUT2D eigenvalue weighted by Crippen LogP contribution is 2.18. The molecule has 0 saturated heterocycles. The molecule has 64 heavy (non-hydrogen) atoms. The summed E-state index contributed by atoms with van der Waals surface area (Å²) < 4.78 is 16.8. The zero-order valence-corrected chi connectivity index (χ0v) is 43.6. The van der Waals surface area contributed by atoms with Gasteiger partial charge in [0.15, 0.2) is 6.10 Å². The highest BCUT2D eigenvalue weighted by Gasteiger charge is 2.19. The quantitative estimate of drug-likeness (QED) is 0.0344. The number of hydrogen-bond acceptors (Lipinski definition) is 6. The van der Waals surface area contributed by atoms with E-state index in [1.165, 1.54) is 238 Å². The average Bonchev–Trinajstić information content (AvgIpc) is 3.29. The van der Waals surface area contributed by atoms with Gasteiger partial charge in [0.25, 0.3) is 0 Å². The van der Waals surface area contributed by atoms with Crippen LogP contribution in [-0.2, 0) is 28.6 Å². The molecule has 0 aliphatic heterocycles. The maximum atomic E-state index is 12.8. The first-order valence-electron chi connectivity index (χ1n) is 29.0. The standard InChI is InChI=1S/C58H112O6/c1-4-7-10-13-16-18-20-22-24-26-27-28-29-30-31-32-34-35-37-39-42-45-48-51-57(60)63-54-55(53-62-56(59)50-47-44-41-15-12-9-6-3)64-58(61)52-49-46-43-40-38-36-33-25-23-21-19-17-14-11-8-5-2/h55H,4-54H2,1-3H3. The van der Waals surface area contributed by atoms with Crippen LogP contribution in [0.2, 0.25) is 0 Å². The molecule has 0 aromatic heterocycles. The van der Waals surface area contributed by atoms with E-state index in [4.69, 9.17) is 14.2 Å². The lowest BCUT2D eigenvalue weighted by Gasteiger charge is -2.18. The molecule has 1 unspecified atom stereocenters. The van der Waals surface area contributed by atoms with Crippen LogP contribution in [0.15, 0.2) is 0 Å². The molecule has 6 nitrogen and oxygen atoms in total. The first-order chi connectivity index (χ1) is 31.5. The van der Waals surface area contributed by atoms with Gasteiger partial charge in [0.05, 0.1) is 0 Å². The maximum Gasteiger partial charge on any atom is 0.306 e. The van der Waals surface area contributed by atoms with E-state index in [0.29, 0.717) is 19.3 Å².